The third-order valence-electron chi connectivity index (χ3n) is 3.21. The lowest BCUT2D eigenvalue weighted by molar-refractivity contribution is -0.142. The van der Waals surface area contributed by atoms with Gasteiger partial charge >= 0.3 is 11.9 Å². The molecule has 0 spiro atoms. The van der Waals surface area contributed by atoms with Crippen LogP contribution in [0.3, 0.4) is 0 Å². The molecule has 4 N–H and O–H groups in total. The Morgan fingerprint density at radius 1 is 1.27 bits per heavy atom. The maximum absolute atomic E-state index is 11.5. The van der Waals surface area contributed by atoms with Crippen molar-refractivity contribution in [2.75, 3.05) is 5.75 Å². The number of fused-ring (bicyclic) bond motifs is 1. The zero-order valence-electron chi connectivity index (χ0n) is 7.45. The van der Waals surface area contributed by atoms with Crippen LogP contribution in [0, 0.1) is 17.8 Å². The Balaban J connectivity index is 2.45. The number of sulfone groups is 1. The van der Waals surface area contributed by atoms with Gasteiger partial charge in [-0.05, 0) is 0 Å². The highest BCUT2D eigenvalue weighted by Crippen LogP contribution is 2.62. The van der Waals surface area contributed by atoms with Gasteiger partial charge in [0.25, 0.3) is 0 Å². The van der Waals surface area contributed by atoms with Crippen LogP contribution in [0.25, 0.3) is 0 Å². The van der Waals surface area contributed by atoms with Crippen molar-refractivity contribution in [3.63, 3.8) is 0 Å². The summed E-state index contributed by atoms with van der Waals surface area (Å²) in [6.07, 6.45) is 0. The van der Waals surface area contributed by atoms with Gasteiger partial charge in [-0.15, -0.1) is 0 Å². The minimum Gasteiger partial charge on any atom is -0.481 e. The molecule has 0 aromatic rings. The molecule has 0 amide bonds. The Morgan fingerprint density at radius 2 is 1.80 bits per heavy atom. The van der Waals surface area contributed by atoms with Crippen molar-refractivity contribution in [3.05, 3.63) is 0 Å². The van der Waals surface area contributed by atoms with Crippen molar-refractivity contribution in [2.24, 2.45) is 23.5 Å². The number of aliphatic carboxylic acids is 2. The van der Waals surface area contributed by atoms with E-state index >= 15 is 0 Å². The fourth-order valence-corrected chi connectivity index (χ4v) is 4.81. The molecule has 4 unspecified atom stereocenters. The van der Waals surface area contributed by atoms with Crippen molar-refractivity contribution >= 4 is 21.8 Å². The van der Waals surface area contributed by atoms with Crippen LogP contribution in [0.4, 0.5) is 0 Å². The van der Waals surface area contributed by atoms with Gasteiger partial charge in [0, 0.05) is 5.92 Å². The van der Waals surface area contributed by atoms with E-state index in [1.807, 2.05) is 0 Å². The SMILES string of the molecule is NC12C(C(=O)O)C1C(C(=O)O)CS2(=O)=O. The van der Waals surface area contributed by atoms with Crippen LogP contribution in [0.5, 0.6) is 0 Å². The van der Waals surface area contributed by atoms with E-state index in [0.29, 0.717) is 0 Å². The van der Waals surface area contributed by atoms with Crippen LogP contribution in [0.2, 0.25) is 0 Å². The molecule has 2 rings (SSSR count). The molecule has 1 heterocycles. The van der Waals surface area contributed by atoms with Crippen LogP contribution in [0.15, 0.2) is 0 Å². The van der Waals surface area contributed by atoms with Gasteiger partial charge in [-0.25, -0.2) is 8.42 Å². The van der Waals surface area contributed by atoms with E-state index in [9.17, 15) is 18.0 Å². The van der Waals surface area contributed by atoms with Crippen LogP contribution in [-0.2, 0) is 19.4 Å². The maximum atomic E-state index is 11.5. The number of hydrogen-bond acceptors (Lipinski definition) is 5. The van der Waals surface area contributed by atoms with E-state index in [1.165, 1.54) is 0 Å². The average molecular weight is 235 g/mol. The first-order valence-corrected chi connectivity index (χ1v) is 5.85. The highest BCUT2D eigenvalue weighted by Gasteiger charge is 2.81. The predicted molar refractivity (Wildman–Crippen MR) is 46.4 cm³/mol. The smallest absolute Gasteiger partial charge is 0.309 e. The van der Waals surface area contributed by atoms with Gasteiger partial charge in [0.2, 0.25) is 0 Å². The van der Waals surface area contributed by atoms with Gasteiger partial charge in [-0.2, -0.15) is 0 Å². The molecule has 2 aliphatic rings. The third-order valence-corrected chi connectivity index (χ3v) is 5.61. The summed E-state index contributed by atoms with van der Waals surface area (Å²) in [7, 11) is -3.82. The highest BCUT2D eigenvalue weighted by molar-refractivity contribution is 7.93. The second-order valence-electron chi connectivity index (χ2n) is 3.92. The summed E-state index contributed by atoms with van der Waals surface area (Å²) in [5.41, 5.74) is 5.47. The van der Waals surface area contributed by atoms with Gasteiger partial charge in [-0.3, -0.25) is 9.59 Å². The third kappa shape index (κ3) is 1.00. The molecule has 0 aromatic carbocycles. The predicted octanol–water partition coefficient (Wildman–Crippen LogP) is -1.90. The van der Waals surface area contributed by atoms with Crippen LogP contribution >= 0.6 is 0 Å². The fraction of sp³-hybridized carbons (Fsp3) is 0.714. The Bertz CT molecular complexity index is 440. The molecule has 15 heavy (non-hydrogen) atoms. The molecule has 84 valence electrons. The molecule has 1 aliphatic heterocycles. The second-order valence-corrected chi connectivity index (χ2v) is 6.19. The van der Waals surface area contributed by atoms with Crippen LogP contribution in [-0.4, -0.2) is 41.2 Å². The molecule has 4 atom stereocenters. The molecule has 2 fully saturated rings. The van der Waals surface area contributed by atoms with Gasteiger partial charge < -0.3 is 15.9 Å². The van der Waals surface area contributed by atoms with E-state index in [-0.39, 0.29) is 0 Å². The largest absolute Gasteiger partial charge is 0.481 e. The quantitative estimate of drug-likeness (QED) is 0.508. The number of carboxylic acids is 2. The van der Waals surface area contributed by atoms with Gasteiger partial charge in [0.05, 0.1) is 17.6 Å². The molecule has 1 saturated carbocycles. The molecule has 7 nitrogen and oxygen atoms in total. The van der Waals surface area contributed by atoms with Crippen LogP contribution in [0.1, 0.15) is 0 Å². The van der Waals surface area contributed by atoms with Crippen molar-refractivity contribution in [1.82, 2.24) is 0 Å². The summed E-state index contributed by atoms with van der Waals surface area (Å²) in [6, 6.07) is 0. The van der Waals surface area contributed by atoms with Gasteiger partial charge in [0.15, 0.2) is 9.84 Å². The molecular formula is C7H9NO6S. The van der Waals surface area contributed by atoms with E-state index < -0.39 is 50.2 Å². The molecule has 0 aromatic heterocycles. The molecule has 0 radical (unpaired) electrons. The Labute approximate surface area is 84.8 Å². The molecule has 1 saturated heterocycles. The number of nitrogens with two attached hydrogens (primary N) is 1. The monoisotopic (exact) mass is 235 g/mol. The Morgan fingerprint density at radius 3 is 2.13 bits per heavy atom. The molecular weight excluding hydrogens is 226 g/mol. The fourth-order valence-electron chi connectivity index (χ4n) is 2.41. The normalized spacial score (nSPS) is 45.8. The van der Waals surface area contributed by atoms with E-state index in [0.717, 1.165) is 0 Å². The number of hydrogen-bond donors (Lipinski definition) is 3. The average Bonchev–Trinajstić information content (AvgIpc) is 2.63. The van der Waals surface area contributed by atoms with E-state index in [4.69, 9.17) is 15.9 Å². The lowest BCUT2D eigenvalue weighted by Crippen LogP contribution is -2.37. The second kappa shape index (κ2) is 2.50. The molecule has 8 heteroatoms. The zero-order chi connectivity index (χ0) is 11.6. The number of rotatable bonds is 2. The number of carboxylic acid groups (broad SMARTS) is 2. The molecule has 0 bridgehead atoms. The lowest BCUT2D eigenvalue weighted by atomic mass is 10.1. The summed E-state index contributed by atoms with van der Waals surface area (Å²) in [5.74, 6) is -6.68. The van der Waals surface area contributed by atoms with Gasteiger partial charge in [0.1, 0.15) is 4.87 Å². The Hall–Kier alpha value is -1.15. The van der Waals surface area contributed by atoms with Crippen molar-refractivity contribution < 1.29 is 28.2 Å². The van der Waals surface area contributed by atoms with E-state index in [1.54, 1.807) is 0 Å². The zero-order valence-corrected chi connectivity index (χ0v) is 8.27. The summed E-state index contributed by atoms with van der Waals surface area (Å²) in [6.45, 7) is 0. The standard InChI is InChI=1S/C7H9NO6S/c8-7-3(4(7)6(11)12)2(5(9)10)1-15(7,13)14/h2-4H,1,8H2,(H,9,10)(H,11,12). The summed E-state index contributed by atoms with van der Waals surface area (Å²) >= 11 is 0. The lowest BCUT2D eigenvalue weighted by Gasteiger charge is -2.08. The highest BCUT2D eigenvalue weighted by atomic mass is 32.2. The first kappa shape index (κ1) is 10.4. The van der Waals surface area contributed by atoms with Crippen molar-refractivity contribution in [3.8, 4) is 0 Å². The minimum absolute atomic E-state index is 0.562. The Kier molecular flexibility index (Phi) is 1.73. The topological polar surface area (TPSA) is 135 Å². The van der Waals surface area contributed by atoms with Gasteiger partial charge in [-0.1, -0.05) is 0 Å². The first-order chi connectivity index (χ1) is 6.73. The summed E-state index contributed by atoms with van der Waals surface area (Å²) < 4.78 is 23.0. The van der Waals surface area contributed by atoms with Crippen molar-refractivity contribution in [1.29, 1.82) is 0 Å². The summed E-state index contributed by atoms with van der Waals surface area (Å²) in [5, 5.41) is 17.5. The van der Waals surface area contributed by atoms with Crippen LogP contribution < -0.4 is 5.73 Å². The van der Waals surface area contributed by atoms with E-state index in [2.05, 4.69) is 0 Å². The maximum Gasteiger partial charge on any atom is 0.309 e. The first-order valence-electron chi connectivity index (χ1n) is 4.20. The van der Waals surface area contributed by atoms with Crippen molar-refractivity contribution in [2.45, 2.75) is 4.87 Å². The summed E-state index contributed by atoms with van der Waals surface area (Å²) in [4.78, 5) is 19.6. The molecule has 1 aliphatic carbocycles. The minimum atomic E-state index is -3.82. The number of carbonyl (C=O) groups is 2.